The van der Waals surface area contributed by atoms with Crippen LogP contribution in [0.15, 0.2) is 30.6 Å². The predicted octanol–water partition coefficient (Wildman–Crippen LogP) is 3.27. The van der Waals surface area contributed by atoms with Crippen molar-refractivity contribution in [1.82, 2.24) is 9.97 Å². The first kappa shape index (κ1) is 12.6. The van der Waals surface area contributed by atoms with E-state index in [1.807, 2.05) is 0 Å². The van der Waals surface area contributed by atoms with Crippen LogP contribution in [0.2, 0.25) is 10.0 Å². The maximum atomic E-state index is 10.6. The van der Waals surface area contributed by atoms with Gasteiger partial charge in [-0.3, -0.25) is 0 Å². The largest absolute Gasteiger partial charge is 0.476 e. The van der Waals surface area contributed by atoms with Gasteiger partial charge in [-0.25, -0.2) is 14.8 Å². The molecule has 0 saturated carbocycles. The molecule has 7 heteroatoms. The summed E-state index contributed by atoms with van der Waals surface area (Å²) in [6.45, 7) is 0. The van der Waals surface area contributed by atoms with Crippen molar-refractivity contribution < 1.29 is 14.6 Å². The van der Waals surface area contributed by atoms with Crippen molar-refractivity contribution in [2.24, 2.45) is 0 Å². The number of halogens is 2. The Bertz CT molecular complexity index is 587. The zero-order valence-electron chi connectivity index (χ0n) is 8.80. The Kier molecular flexibility index (Phi) is 3.64. The van der Waals surface area contributed by atoms with E-state index in [1.165, 1.54) is 12.3 Å². The number of carbonyl (C=O) groups is 1. The molecule has 18 heavy (non-hydrogen) atoms. The van der Waals surface area contributed by atoms with E-state index in [-0.39, 0.29) is 11.6 Å². The molecule has 0 fully saturated rings. The van der Waals surface area contributed by atoms with Gasteiger partial charge < -0.3 is 9.84 Å². The van der Waals surface area contributed by atoms with Gasteiger partial charge in [-0.2, -0.15) is 0 Å². The lowest BCUT2D eigenvalue weighted by Gasteiger charge is -2.05. The van der Waals surface area contributed by atoms with E-state index in [0.29, 0.717) is 15.8 Å². The van der Waals surface area contributed by atoms with Crippen molar-refractivity contribution in [1.29, 1.82) is 0 Å². The van der Waals surface area contributed by atoms with Crippen molar-refractivity contribution in [2.75, 3.05) is 0 Å². The molecule has 1 aromatic heterocycles. The van der Waals surface area contributed by atoms with Crippen LogP contribution in [0.1, 0.15) is 10.5 Å². The number of rotatable bonds is 3. The first-order valence-corrected chi connectivity index (χ1v) is 5.50. The van der Waals surface area contributed by atoms with E-state index >= 15 is 0 Å². The zero-order chi connectivity index (χ0) is 13.1. The average Bonchev–Trinajstić information content (AvgIpc) is 2.34. The molecule has 2 rings (SSSR count). The van der Waals surface area contributed by atoms with E-state index in [1.54, 1.807) is 12.1 Å². The van der Waals surface area contributed by atoms with E-state index < -0.39 is 5.97 Å². The maximum Gasteiger partial charge on any atom is 0.356 e. The van der Waals surface area contributed by atoms with Crippen molar-refractivity contribution >= 4 is 29.2 Å². The molecule has 5 nitrogen and oxygen atoms in total. The fraction of sp³-hybridized carbons (Fsp3) is 0. The first-order valence-electron chi connectivity index (χ1n) is 4.74. The van der Waals surface area contributed by atoms with Gasteiger partial charge in [0.15, 0.2) is 5.69 Å². The maximum absolute atomic E-state index is 10.6. The van der Waals surface area contributed by atoms with Crippen LogP contribution in [0.4, 0.5) is 0 Å². The summed E-state index contributed by atoms with van der Waals surface area (Å²) >= 11 is 11.6. The van der Waals surface area contributed by atoms with Crippen LogP contribution in [-0.2, 0) is 0 Å². The summed E-state index contributed by atoms with van der Waals surface area (Å²) in [6.07, 6.45) is 2.32. The highest BCUT2D eigenvalue weighted by Crippen LogP contribution is 2.28. The van der Waals surface area contributed by atoms with Gasteiger partial charge in [0.25, 0.3) is 0 Å². The molecule has 0 radical (unpaired) electrons. The molecular weight excluding hydrogens is 279 g/mol. The lowest BCUT2D eigenvalue weighted by atomic mass is 10.3. The van der Waals surface area contributed by atoms with Gasteiger partial charge in [-0.1, -0.05) is 23.2 Å². The second-order valence-electron chi connectivity index (χ2n) is 3.22. The minimum atomic E-state index is -1.15. The van der Waals surface area contributed by atoms with E-state index in [2.05, 4.69) is 9.97 Å². The number of carboxylic acid groups (broad SMARTS) is 1. The molecule has 0 atom stereocenters. The summed E-state index contributed by atoms with van der Waals surface area (Å²) in [5, 5.41) is 9.42. The number of hydrogen-bond donors (Lipinski definition) is 1. The van der Waals surface area contributed by atoms with Gasteiger partial charge >= 0.3 is 5.97 Å². The van der Waals surface area contributed by atoms with Crippen LogP contribution >= 0.6 is 23.2 Å². The van der Waals surface area contributed by atoms with Crippen molar-refractivity contribution in [2.45, 2.75) is 0 Å². The number of aromatic carboxylic acids is 1. The molecular formula is C11H6Cl2N2O3. The Morgan fingerprint density at radius 1 is 1.17 bits per heavy atom. The van der Waals surface area contributed by atoms with Gasteiger partial charge in [0.2, 0.25) is 5.88 Å². The van der Waals surface area contributed by atoms with E-state index in [9.17, 15) is 4.79 Å². The van der Waals surface area contributed by atoms with Crippen molar-refractivity contribution in [3.05, 3.63) is 46.3 Å². The van der Waals surface area contributed by atoms with Crippen LogP contribution in [-0.4, -0.2) is 21.0 Å². The Labute approximate surface area is 112 Å². The quantitative estimate of drug-likeness (QED) is 0.936. The predicted molar refractivity (Wildman–Crippen MR) is 65.5 cm³/mol. The highest BCUT2D eigenvalue weighted by molar-refractivity contribution is 6.42. The van der Waals surface area contributed by atoms with Crippen LogP contribution in [0.5, 0.6) is 11.6 Å². The number of aromatic nitrogens is 2. The van der Waals surface area contributed by atoms with Gasteiger partial charge in [0.05, 0.1) is 22.4 Å². The SMILES string of the molecule is O=C(O)c1cnc(Oc2ccc(Cl)c(Cl)c2)cn1. The smallest absolute Gasteiger partial charge is 0.356 e. The highest BCUT2D eigenvalue weighted by atomic mass is 35.5. The average molecular weight is 285 g/mol. The van der Waals surface area contributed by atoms with Gasteiger partial charge in [0.1, 0.15) is 5.75 Å². The van der Waals surface area contributed by atoms with Crippen LogP contribution in [0, 0.1) is 0 Å². The fourth-order valence-electron chi connectivity index (χ4n) is 1.14. The lowest BCUT2D eigenvalue weighted by Crippen LogP contribution is -2.01. The highest BCUT2D eigenvalue weighted by Gasteiger charge is 2.07. The summed E-state index contributed by atoms with van der Waals surface area (Å²) in [5.74, 6) is -0.552. The molecule has 0 aliphatic rings. The molecule has 0 aliphatic heterocycles. The molecule has 0 amide bonds. The molecule has 0 spiro atoms. The first-order chi connectivity index (χ1) is 8.56. The summed E-state index contributed by atoms with van der Waals surface area (Å²) in [4.78, 5) is 18.1. The van der Waals surface area contributed by atoms with Gasteiger partial charge in [0, 0.05) is 6.07 Å². The Hall–Kier alpha value is -1.85. The molecule has 92 valence electrons. The van der Waals surface area contributed by atoms with E-state index in [4.69, 9.17) is 33.0 Å². The van der Waals surface area contributed by atoms with Crippen molar-refractivity contribution in [3.63, 3.8) is 0 Å². The third-order valence-corrected chi connectivity index (χ3v) is 2.70. The second kappa shape index (κ2) is 5.20. The summed E-state index contributed by atoms with van der Waals surface area (Å²) in [6, 6.07) is 4.72. The number of ether oxygens (including phenoxy) is 1. The fourth-order valence-corrected chi connectivity index (χ4v) is 1.43. The summed E-state index contributed by atoms with van der Waals surface area (Å²) < 4.78 is 5.34. The third kappa shape index (κ3) is 2.88. The van der Waals surface area contributed by atoms with Crippen LogP contribution in [0.3, 0.4) is 0 Å². The number of carboxylic acids is 1. The van der Waals surface area contributed by atoms with E-state index in [0.717, 1.165) is 6.20 Å². The molecule has 2 aromatic rings. The molecule has 1 aromatic carbocycles. The summed E-state index contributed by atoms with van der Waals surface area (Å²) in [5.41, 5.74) is -0.156. The molecule has 1 heterocycles. The van der Waals surface area contributed by atoms with Gasteiger partial charge in [-0.15, -0.1) is 0 Å². The monoisotopic (exact) mass is 284 g/mol. The standard InChI is InChI=1S/C11H6Cl2N2O3/c12-7-2-1-6(3-8(7)13)18-10-5-14-9(4-15-10)11(16)17/h1-5H,(H,16,17). The van der Waals surface area contributed by atoms with Crippen LogP contribution < -0.4 is 4.74 Å². The van der Waals surface area contributed by atoms with Crippen molar-refractivity contribution in [3.8, 4) is 11.6 Å². The topological polar surface area (TPSA) is 72.3 Å². The minimum Gasteiger partial charge on any atom is -0.476 e. The number of nitrogens with zero attached hydrogens (tertiary/aromatic N) is 2. The van der Waals surface area contributed by atoms with Crippen LogP contribution in [0.25, 0.3) is 0 Å². The Balaban J connectivity index is 2.18. The zero-order valence-corrected chi connectivity index (χ0v) is 10.3. The molecule has 0 saturated heterocycles. The molecule has 0 bridgehead atoms. The molecule has 0 unspecified atom stereocenters. The number of hydrogen-bond acceptors (Lipinski definition) is 4. The minimum absolute atomic E-state index is 0.156. The lowest BCUT2D eigenvalue weighted by molar-refractivity contribution is 0.0690. The normalized spacial score (nSPS) is 10.1. The number of benzene rings is 1. The third-order valence-electron chi connectivity index (χ3n) is 1.96. The second-order valence-corrected chi connectivity index (χ2v) is 4.04. The van der Waals surface area contributed by atoms with Gasteiger partial charge in [-0.05, 0) is 12.1 Å². The Morgan fingerprint density at radius 3 is 2.50 bits per heavy atom. The molecule has 1 N–H and O–H groups in total. The summed E-state index contributed by atoms with van der Waals surface area (Å²) in [7, 11) is 0. The Morgan fingerprint density at radius 2 is 1.94 bits per heavy atom. The molecule has 0 aliphatic carbocycles.